The lowest BCUT2D eigenvalue weighted by Gasteiger charge is -2.16. The highest BCUT2D eigenvalue weighted by Crippen LogP contribution is 2.39. The van der Waals surface area contributed by atoms with E-state index < -0.39 is 0 Å². The van der Waals surface area contributed by atoms with Gasteiger partial charge in [-0.3, -0.25) is 0 Å². The van der Waals surface area contributed by atoms with E-state index in [1.165, 1.54) is 10.5 Å². The van der Waals surface area contributed by atoms with Gasteiger partial charge in [-0.25, -0.2) is 0 Å². The maximum Gasteiger partial charge on any atom is 0.0665 e. The average Bonchev–Trinajstić information content (AvgIpc) is 2.73. The van der Waals surface area contributed by atoms with E-state index in [0.29, 0.717) is 5.25 Å². The van der Waals surface area contributed by atoms with Gasteiger partial charge >= 0.3 is 0 Å². The average molecular weight is 234 g/mol. The Morgan fingerprint density at radius 2 is 2.31 bits per heavy atom. The van der Waals surface area contributed by atoms with Crippen molar-refractivity contribution in [2.75, 3.05) is 0 Å². The molecule has 0 aliphatic carbocycles. The lowest BCUT2D eigenvalue weighted by Crippen LogP contribution is -2.22. The van der Waals surface area contributed by atoms with E-state index in [-0.39, 0.29) is 6.10 Å². The Morgan fingerprint density at radius 1 is 1.50 bits per heavy atom. The Bertz CT molecular complexity index is 337. The molecule has 0 amide bonds. The predicted octanol–water partition coefficient (Wildman–Crippen LogP) is 3.42. The topological polar surface area (TPSA) is 20.2 Å². The summed E-state index contributed by atoms with van der Waals surface area (Å²) < 4.78 is 0. The van der Waals surface area contributed by atoms with Crippen LogP contribution < -0.4 is 0 Å². The summed E-state index contributed by atoms with van der Waals surface area (Å²) in [7, 11) is 0. The summed E-state index contributed by atoms with van der Waals surface area (Å²) in [5, 5.41) is 10.4. The van der Waals surface area contributed by atoms with Crippen molar-refractivity contribution < 1.29 is 5.11 Å². The van der Waals surface area contributed by atoms with Gasteiger partial charge in [0.05, 0.1) is 6.10 Å². The summed E-state index contributed by atoms with van der Waals surface area (Å²) in [6.45, 7) is 3.70. The molecule has 1 aromatic rings. The number of aliphatic hydroxyl groups excluding tert-OH is 1. The minimum Gasteiger partial charge on any atom is -0.392 e. The summed E-state index contributed by atoms with van der Waals surface area (Å²) in [4.78, 5) is 1.34. The molecule has 0 aromatic heterocycles. The molecule has 1 N–H and O–H groups in total. The van der Waals surface area contributed by atoms with Crippen LogP contribution in [0.3, 0.4) is 0 Å². The first-order valence-electron chi connectivity index (χ1n) is 5.85. The summed E-state index contributed by atoms with van der Waals surface area (Å²) in [5.41, 5.74) is 1.39. The number of aliphatic hydroxyl groups is 1. The van der Waals surface area contributed by atoms with E-state index in [2.05, 4.69) is 30.8 Å². The zero-order valence-corrected chi connectivity index (χ0v) is 10.2. The van der Waals surface area contributed by atoms with Gasteiger partial charge in [-0.1, -0.05) is 24.3 Å². The molecule has 0 radical (unpaired) electrons. The zero-order valence-electron chi connectivity index (χ0n) is 9.43. The zero-order chi connectivity index (χ0) is 11.4. The van der Waals surface area contributed by atoms with Gasteiger partial charge in [-0.05, 0) is 37.3 Å². The van der Waals surface area contributed by atoms with Crippen molar-refractivity contribution in [3.8, 4) is 0 Å². The number of unbranched alkanes of at least 4 members (excludes halogenated alkanes) is 1. The summed E-state index contributed by atoms with van der Waals surface area (Å²) in [6.07, 6.45) is 5.67. The molecule has 2 unspecified atom stereocenters. The van der Waals surface area contributed by atoms with Crippen molar-refractivity contribution in [3.05, 3.63) is 42.5 Å². The second-order valence-corrected chi connectivity index (χ2v) is 5.54. The van der Waals surface area contributed by atoms with E-state index in [1.807, 2.05) is 17.8 Å². The van der Waals surface area contributed by atoms with Crippen LogP contribution in [0.5, 0.6) is 0 Å². The fraction of sp³-hybridized carbons (Fsp3) is 0.429. The quantitative estimate of drug-likeness (QED) is 0.622. The standard InChI is InChI=1S/C14H18OS/c1-2-3-4-8-12(15)14-10-11-7-5-6-9-13(11)16-14/h2,5-7,9,12,14-15H,1,3-4,8,10H2. The third kappa shape index (κ3) is 2.69. The van der Waals surface area contributed by atoms with Gasteiger partial charge < -0.3 is 5.11 Å². The van der Waals surface area contributed by atoms with Gasteiger partial charge in [0.1, 0.15) is 0 Å². The Kier molecular flexibility index (Phi) is 4.08. The highest BCUT2D eigenvalue weighted by atomic mass is 32.2. The van der Waals surface area contributed by atoms with E-state index >= 15 is 0 Å². The van der Waals surface area contributed by atoms with E-state index in [1.54, 1.807) is 0 Å². The molecule has 2 rings (SSSR count). The second kappa shape index (κ2) is 5.55. The van der Waals surface area contributed by atoms with Crippen LogP contribution in [0.2, 0.25) is 0 Å². The van der Waals surface area contributed by atoms with Gasteiger partial charge in [0.15, 0.2) is 0 Å². The monoisotopic (exact) mass is 234 g/mol. The van der Waals surface area contributed by atoms with E-state index in [4.69, 9.17) is 0 Å². The first kappa shape index (κ1) is 11.7. The third-order valence-electron chi connectivity index (χ3n) is 3.01. The smallest absolute Gasteiger partial charge is 0.0665 e. The number of hydrogen-bond acceptors (Lipinski definition) is 2. The van der Waals surface area contributed by atoms with Gasteiger partial charge in [0, 0.05) is 10.1 Å². The molecule has 0 bridgehead atoms. The van der Waals surface area contributed by atoms with Gasteiger partial charge in [-0.15, -0.1) is 18.3 Å². The molecule has 1 nitrogen and oxygen atoms in total. The highest BCUT2D eigenvalue weighted by molar-refractivity contribution is 8.00. The van der Waals surface area contributed by atoms with Gasteiger partial charge in [0.25, 0.3) is 0 Å². The first-order valence-corrected chi connectivity index (χ1v) is 6.72. The SMILES string of the molecule is C=CCCCC(O)C1Cc2ccccc2S1. The van der Waals surface area contributed by atoms with E-state index in [0.717, 1.165) is 25.7 Å². The molecule has 0 fully saturated rings. The van der Waals surface area contributed by atoms with Crippen molar-refractivity contribution in [1.29, 1.82) is 0 Å². The predicted molar refractivity (Wildman–Crippen MR) is 69.8 cm³/mol. The molecule has 0 saturated heterocycles. The van der Waals surface area contributed by atoms with Crippen molar-refractivity contribution >= 4 is 11.8 Å². The normalized spacial score (nSPS) is 20.4. The summed E-state index contributed by atoms with van der Waals surface area (Å²) >= 11 is 1.83. The van der Waals surface area contributed by atoms with Crippen molar-refractivity contribution in [2.45, 2.75) is 41.9 Å². The fourth-order valence-corrected chi connectivity index (χ4v) is 3.42. The van der Waals surface area contributed by atoms with Gasteiger partial charge in [0.2, 0.25) is 0 Å². The molecule has 1 heterocycles. The largest absolute Gasteiger partial charge is 0.392 e. The number of fused-ring (bicyclic) bond motifs is 1. The molecule has 0 saturated carbocycles. The van der Waals surface area contributed by atoms with Crippen LogP contribution in [-0.4, -0.2) is 16.5 Å². The Morgan fingerprint density at radius 3 is 3.06 bits per heavy atom. The molecule has 2 heteroatoms. The molecule has 1 aliphatic rings. The molecule has 86 valence electrons. The van der Waals surface area contributed by atoms with Gasteiger partial charge in [-0.2, -0.15) is 0 Å². The first-order chi connectivity index (χ1) is 7.81. The number of thioether (sulfide) groups is 1. The highest BCUT2D eigenvalue weighted by Gasteiger charge is 2.27. The number of benzene rings is 1. The van der Waals surface area contributed by atoms with Crippen LogP contribution in [0.15, 0.2) is 41.8 Å². The molecule has 1 aliphatic heterocycles. The summed E-state index contributed by atoms with van der Waals surface area (Å²) in [5.74, 6) is 0. The van der Waals surface area contributed by atoms with Crippen molar-refractivity contribution in [1.82, 2.24) is 0 Å². The second-order valence-electron chi connectivity index (χ2n) is 4.26. The third-order valence-corrected chi connectivity index (χ3v) is 4.45. The minimum atomic E-state index is -0.183. The molecule has 0 spiro atoms. The molecular formula is C14H18OS. The Hall–Kier alpha value is -0.730. The van der Waals surface area contributed by atoms with Crippen LogP contribution in [0, 0.1) is 0 Å². The van der Waals surface area contributed by atoms with Crippen LogP contribution >= 0.6 is 11.8 Å². The number of rotatable bonds is 5. The maximum absolute atomic E-state index is 10.1. The summed E-state index contributed by atoms with van der Waals surface area (Å²) in [6, 6.07) is 8.46. The molecular weight excluding hydrogens is 216 g/mol. The Balaban J connectivity index is 1.88. The van der Waals surface area contributed by atoms with Crippen molar-refractivity contribution in [3.63, 3.8) is 0 Å². The maximum atomic E-state index is 10.1. The molecule has 1 aromatic carbocycles. The Labute approximate surface area is 102 Å². The number of allylic oxidation sites excluding steroid dienone is 1. The van der Waals surface area contributed by atoms with Crippen LogP contribution in [0.4, 0.5) is 0 Å². The van der Waals surface area contributed by atoms with Crippen molar-refractivity contribution in [2.24, 2.45) is 0 Å². The lowest BCUT2D eigenvalue weighted by atomic mass is 10.0. The lowest BCUT2D eigenvalue weighted by molar-refractivity contribution is 0.159. The molecule has 2 atom stereocenters. The van der Waals surface area contributed by atoms with Crippen LogP contribution in [0.25, 0.3) is 0 Å². The van der Waals surface area contributed by atoms with E-state index in [9.17, 15) is 5.11 Å². The minimum absolute atomic E-state index is 0.183. The molecule has 16 heavy (non-hydrogen) atoms. The number of hydrogen-bond donors (Lipinski definition) is 1. The van der Waals surface area contributed by atoms with Crippen LogP contribution in [-0.2, 0) is 6.42 Å². The fourth-order valence-electron chi connectivity index (χ4n) is 2.08. The van der Waals surface area contributed by atoms with Crippen LogP contribution in [0.1, 0.15) is 24.8 Å².